The minimum absolute atomic E-state index is 0. The minimum Gasteiger partial charge on any atom is -0.404 e. The average molecular weight is 391 g/mol. The smallest absolute Gasteiger partial charge is 0.404 e. The number of benzene rings is 1. The van der Waals surface area contributed by atoms with E-state index < -0.39 is 27.0 Å². The van der Waals surface area contributed by atoms with Crippen molar-refractivity contribution in [2.24, 2.45) is 11.7 Å². The van der Waals surface area contributed by atoms with Crippen molar-refractivity contribution in [1.29, 1.82) is 0 Å². The van der Waals surface area contributed by atoms with Crippen molar-refractivity contribution in [2.45, 2.75) is 37.6 Å². The third-order valence-electron chi connectivity index (χ3n) is 3.40. The first kappa shape index (κ1) is 23.0. The summed E-state index contributed by atoms with van der Waals surface area (Å²) in [5.74, 6) is -0.577. The highest BCUT2D eigenvalue weighted by Crippen LogP contribution is 2.30. The van der Waals surface area contributed by atoms with E-state index in [1.807, 2.05) is 13.8 Å². The first-order valence-electron chi connectivity index (χ1n) is 7.02. The maximum Gasteiger partial charge on any atom is 0.573 e. The standard InChI is InChI=1S/C14H21F3N2O3S.ClH/c1-10(2)11(18)8-9-19(3)23(20,21)13-7-5-4-6-12(13)22-14(15,16)17;/h4-7,10-11H,8-9,18H2,1-3H3;1H. The van der Waals surface area contributed by atoms with Gasteiger partial charge in [0.05, 0.1) is 0 Å². The molecule has 0 saturated carbocycles. The fourth-order valence-electron chi connectivity index (χ4n) is 1.82. The fraction of sp³-hybridized carbons (Fsp3) is 0.571. The molecule has 1 unspecified atom stereocenters. The molecule has 0 heterocycles. The molecule has 1 rings (SSSR count). The maximum atomic E-state index is 12.5. The summed E-state index contributed by atoms with van der Waals surface area (Å²) in [6.07, 6.45) is -4.57. The van der Waals surface area contributed by atoms with Crippen molar-refractivity contribution in [2.75, 3.05) is 13.6 Å². The molecular formula is C14H22ClF3N2O3S. The van der Waals surface area contributed by atoms with Gasteiger partial charge in [-0.2, -0.15) is 0 Å². The Morgan fingerprint density at radius 2 is 1.79 bits per heavy atom. The van der Waals surface area contributed by atoms with Gasteiger partial charge in [0.1, 0.15) is 10.6 Å². The van der Waals surface area contributed by atoms with Gasteiger partial charge in [0.15, 0.2) is 0 Å². The van der Waals surface area contributed by atoms with E-state index >= 15 is 0 Å². The molecule has 0 bridgehead atoms. The number of halogens is 4. The predicted molar refractivity (Wildman–Crippen MR) is 87.6 cm³/mol. The van der Waals surface area contributed by atoms with Gasteiger partial charge < -0.3 is 10.5 Å². The van der Waals surface area contributed by atoms with Gasteiger partial charge in [-0.1, -0.05) is 26.0 Å². The number of sulfonamides is 1. The topological polar surface area (TPSA) is 72.6 Å². The number of alkyl halides is 3. The van der Waals surface area contributed by atoms with Gasteiger partial charge in [0.2, 0.25) is 10.0 Å². The minimum atomic E-state index is -4.97. The van der Waals surface area contributed by atoms with Crippen LogP contribution in [0.4, 0.5) is 13.2 Å². The molecule has 0 aliphatic heterocycles. The average Bonchev–Trinajstić information content (AvgIpc) is 2.42. The number of hydrogen-bond acceptors (Lipinski definition) is 4. The second kappa shape index (κ2) is 8.89. The Balaban J connectivity index is 0.00000529. The number of rotatable bonds is 7. The molecular weight excluding hydrogens is 369 g/mol. The second-order valence-corrected chi connectivity index (χ2v) is 7.53. The van der Waals surface area contributed by atoms with Crippen LogP contribution in [-0.2, 0) is 10.0 Å². The van der Waals surface area contributed by atoms with Gasteiger partial charge in [-0.25, -0.2) is 12.7 Å². The highest BCUT2D eigenvalue weighted by atomic mass is 35.5. The molecule has 1 atom stereocenters. The fourth-order valence-corrected chi connectivity index (χ4v) is 3.12. The van der Waals surface area contributed by atoms with Crippen LogP contribution in [0.5, 0.6) is 5.75 Å². The highest BCUT2D eigenvalue weighted by molar-refractivity contribution is 7.89. The second-order valence-electron chi connectivity index (χ2n) is 5.52. The quantitative estimate of drug-likeness (QED) is 0.776. The Hall–Kier alpha value is -1.03. The zero-order valence-corrected chi connectivity index (χ0v) is 15.2. The normalized spacial score (nSPS) is 13.7. The predicted octanol–water partition coefficient (Wildman–Crippen LogP) is 3.00. The van der Waals surface area contributed by atoms with E-state index in [2.05, 4.69) is 4.74 Å². The monoisotopic (exact) mass is 390 g/mol. The summed E-state index contributed by atoms with van der Waals surface area (Å²) in [5, 5.41) is 0. The van der Waals surface area contributed by atoms with Gasteiger partial charge in [-0.15, -0.1) is 25.6 Å². The third-order valence-corrected chi connectivity index (χ3v) is 5.29. The van der Waals surface area contributed by atoms with E-state index in [0.29, 0.717) is 6.42 Å². The van der Waals surface area contributed by atoms with E-state index in [-0.39, 0.29) is 30.9 Å². The van der Waals surface area contributed by atoms with Crippen LogP contribution in [0.1, 0.15) is 20.3 Å². The molecule has 0 aliphatic carbocycles. The largest absolute Gasteiger partial charge is 0.573 e. The molecule has 10 heteroatoms. The van der Waals surface area contributed by atoms with Gasteiger partial charge in [0, 0.05) is 19.6 Å². The molecule has 0 amide bonds. The summed E-state index contributed by atoms with van der Waals surface area (Å²) in [5.41, 5.74) is 5.86. The highest BCUT2D eigenvalue weighted by Gasteiger charge is 2.34. The van der Waals surface area contributed by atoms with Crippen LogP contribution in [0.2, 0.25) is 0 Å². The Morgan fingerprint density at radius 3 is 2.29 bits per heavy atom. The van der Waals surface area contributed by atoms with Crippen LogP contribution in [0.15, 0.2) is 29.2 Å². The van der Waals surface area contributed by atoms with E-state index in [9.17, 15) is 21.6 Å². The van der Waals surface area contributed by atoms with Crippen molar-refractivity contribution in [3.05, 3.63) is 24.3 Å². The van der Waals surface area contributed by atoms with Gasteiger partial charge >= 0.3 is 6.36 Å². The Kier molecular flexibility index (Phi) is 8.51. The first-order valence-corrected chi connectivity index (χ1v) is 8.46. The molecule has 1 aromatic rings. The van der Waals surface area contributed by atoms with Crippen molar-refractivity contribution in [1.82, 2.24) is 4.31 Å². The molecule has 0 aliphatic rings. The Bertz CT molecular complexity index is 624. The van der Waals surface area contributed by atoms with Crippen molar-refractivity contribution in [3.63, 3.8) is 0 Å². The lowest BCUT2D eigenvalue weighted by Gasteiger charge is -2.22. The molecule has 24 heavy (non-hydrogen) atoms. The molecule has 140 valence electrons. The van der Waals surface area contributed by atoms with E-state index in [4.69, 9.17) is 5.73 Å². The molecule has 5 nitrogen and oxygen atoms in total. The van der Waals surface area contributed by atoms with Crippen molar-refractivity contribution in [3.8, 4) is 5.75 Å². The lowest BCUT2D eigenvalue weighted by atomic mass is 10.0. The zero-order valence-electron chi connectivity index (χ0n) is 13.6. The molecule has 0 spiro atoms. The number of ether oxygens (including phenoxy) is 1. The Morgan fingerprint density at radius 1 is 1.25 bits per heavy atom. The summed E-state index contributed by atoms with van der Waals surface area (Å²) in [6, 6.07) is 4.45. The SMILES string of the molecule is CC(C)C(N)CCN(C)S(=O)(=O)c1ccccc1OC(F)(F)F.Cl. The summed E-state index contributed by atoms with van der Waals surface area (Å²) in [4.78, 5) is -0.530. The van der Waals surface area contributed by atoms with Crippen LogP contribution in [0, 0.1) is 5.92 Å². The summed E-state index contributed by atoms with van der Waals surface area (Å²) in [6.45, 7) is 3.92. The van der Waals surface area contributed by atoms with Crippen LogP contribution < -0.4 is 10.5 Å². The van der Waals surface area contributed by atoms with E-state index in [0.717, 1.165) is 16.4 Å². The number of nitrogens with two attached hydrogens (primary N) is 1. The van der Waals surface area contributed by atoms with Crippen molar-refractivity contribution >= 4 is 22.4 Å². The number of para-hydroxylation sites is 1. The first-order chi connectivity index (χ1) is 10.4. The molecule has 1 aromatic carbocycles. The summed E-state index contributed by atoms with van der Waals surface area (Å²) < 4.78 is 66.9. The van der Waals surface area contributed by atoms with Crippen LogP contribution in [-0.4, -0.2) is 38.7 Å². The van der Waals surface area contributed by atoms with Gasteiger partial charge in [0.25, 0.3) is 0 Å². The number of hydrogen-bond donors (Lipinski definition) is 1. The van der Waals surface area contributed by atoms with Crippen LogP contribution in [0.25, 0.3) is 0 Å². The van der Waals surface area contributed by atoms with Crippen LogP contribution >= 0.6 is 12.4 Å². The summed E-state index contributed by atoms with van der Waals surface area (Å²) in [7, 11) is -2.81. The van der Waals surface area contributed by atoms with Crippen molar-refractivity contribution < 1.29 is 26.3 Å². The van der Waals surface area contributed by atoms with Gasteiger partial charge in [-0.3, -0.25) is 0 Å². The molecule has 0 aromatic heterocycles. The molecule has 0 fully saturated rings. The summed E-state index contributed by atoms with van der Waals surface area (Å²) >= 11 is 0. The maximum absolute atomic E-state index is 12.5. The lowest BCUT2D eigenvalue weighted by Crippen LogP contribution is -2.35. The van der Waals surface area contributed by atoms with E-state index in [1.165, 1.54) is 19.2 Å². The number of nitrogens with zero attached hydrogens (tertiary/aromatic N) is 1. The molecule has 0 saturated heterocycles. The van der Waals surface area contributed by atoms with Crippen LogP contribution in [0.3, 0.4) is 0 Å². The zero-order chi connectivity index (χ0) is 17.8. The third kappa shape index (κ3) is 6.46. The molecule has 0 radical (unpaired) electrons. The van der Waals surface area contributed by atoms with Gasteiger partial charge in [-0.05, 0) is 24.5 Å². The Labute approximate surface area is 146 Å². The van der Waals surface area contributed by atoms with E-state index in [1.54, 1.807) is 0 Å². The molecule has 2 N–H and O–H groups in total. The lowest BCUT2D eigenvalue weighted by molar-refractivity contribution is -0.275.